The van der Waals surface area contributed by atoms with Crippen molar-refractivity contribution in [2.75, 3.05) is 18.9 Å². The smallest absolute Gasteiger partial charge is 0.340 e. The van der Waals surface area contributed by atoms with Gasteiger partial charge in [0.25, 0.3) is 5.91 Å². The summed E-state index contributed by atoms with van der Waals surface area (Å²) >= 11 is 1.66. The molecule has 0 spiro atoms. The summed E-state index contributed by atoms with van der Waals surface area (Å²) in [6.07, 6.45) is 1.43. The van der Waals surface area contributed by atoms with Gasteiger partial charge in [-0.05, 0) is 32.0 Å². The first-order valence-electron chi connectivity index (χ1n) is 8.86. The number of nitrogens with zero attached hydrogens (tertiary/aromatic N) is 3. The SMILES string of the molecule is Cc1ccc(SCCNC(=O)COC(=O)c2cnc3c(c2)c(C)nn3C)cc1. The number of ether oxygens (including phenoxy) is 1. The summed E-state index contributed by atoms with van der Waals surface area (Å²) in [7, 11) is 1.79. The van der Waals surface area contributed by atoms with Crippen molar-refractivity contribution in [3.63, 3.8) is 0 Å². The Labute approximate surface area is 167 Å². The summed E-state index contributed by atoms with van der Waals surface area (Å²) in [6, 6.07) is 9.90. The zero-order valence-corrected chi connectivity index (χ0v) is 16.9. The molecule has 0 saturated heterocycles. The maximum Gasteiger partial charge on any atom is 0.340 e. The fourth-order valence-electron chi connectivity index (χ4n) is 2.68. The van der Waals surface area contributed by atoms with E-state index in [1.807, 2.05) is 13.8 Å². The number of benzene rings is 1. The lowest BCUT2D eigenvalue weighted by atomic mass is 10.2. The van der Waals surface area contributed by atoms with Crippen molar-refractivity contribution in [1.29, 1.82) is 0 Å². The van der Waals surface area contributed by atoms with Crippen LogP contribution in [0.5, 0.6) is 0 Å². The number of fused-ring (bicyclic) bond motifs is 1. The normalized spacial score (nSPS) is 10.8. The molecule has 0 fully saturated rings. The number of pyridine rings is 1. The molecule has 2 aromatic heterocycles. The van der Waals surface area contributed by atoms with Gasteiger partial charge in [-0.15, -0.1) is 11.8 Å². The number of carbonyl (C=O) groups is 2. The summed E-state index contributed by atoms with van der Waals surface area (Å²) in [6.45, 7) is 4.07. The van der Waals surface area contributed by atoms with Gasteiger partial charge in [0.05, 0.1) is 11.3 Å². The van der Waals surface area contributed by atoms with Gasteiger partial charge in [0.2, 0.25) is 0 Å². The molecule has 1 amide bonds. The first-order chi connectivity index (χ1) is 13.4. The molecular weight excluding hydrogens is 376 g/mol. The van der Waals surface area contributed by atoms with E-state index in [1.165, 1.54) is 11.8 Å². The van der Waals surface area contributed by atoms with E-state index in [2.05, 4.69) is 39.7 Å². The van der Waals surface area contributed by atoms with Crippen LogP contribution in [0.15, 0.2) is 41.4 Å². The number of hydrogen-bond donors (Lipinski definition) is 1. The van der Waals surface area contributed by atoms with Gasteiger partial charge in [-0.25, -0.2) is 9.78 Å². The number of aryl methyl sites for hydroxylation is 3. The lowest BCUT2D eigenvalue weighted by molar-refractivity contribution is -0.124. The molecule has 0 saturated carbocycles. The van der Waals surface area contributed by atoms with Gasteiger partial charge < -0.3 is 10.1 Å². The van der Waals surface area contributed by atoms with Gasteiger partial charge in [-0.2, -0.15) is 5.10 Å². The van der Waals surface area contributed by atoms with E-state index in [1.54, 1.807) is 29.6 Å². The van der Waals surface area contributed by atoms with E-state index in [-0.39, 0.29) is 12.5 Å². The maximum atomic E-state index is 12.2. The van der Waals surface area contributed by atoms with Crippen molar-refractivity contribution < 1.29 is 14.3 Å². The third-order valence-corrected chi connectivity index (χ3v) is 5.16. The fraction of sp³-hybridized carbons (Fsp3) is 0.300. The fourth-order valence-corrected chi connectivity index (χ4v) is 3.45. The third kappa shape index (κ3) is 4.89. The van der Waals surface area contributed by atoms with E-state index in [0.717, 1.165) is 21.7 Å². The molecule has 146 valence electrons. The number of esters is 1. The molecule has 28 heavy (non-hydrogen) atoms. The minimum atomic E-state index is -0.582. The van der Waals surface area contributed by atoms with E-state index >= 15 is 0 Å². The lowest BCUT2D eigenvalue weighted by Gasteiger charge is -2.07. The molecule has 7 nitrogen and oxygen atoms in total. The standard InChI is InChI=1S/C20H22N4O3S/c1-13-4-6-16(7-5-13)28-9-8-21-18(25)12-27-20(26)15-10-17-14(2)23-24(3)19(17)22-11-15/h4-7,10-11H,8-9,12H2,1-3H3,(H,21,25). The van der Waals surface area contributed by atoms with Crippen LogP contribution >= 0.6 is 11.8 Å². The van der Waals surface area contributed by atoms with Crippen LogP contribution in [0.2, 0.25) is 0 Å². The van der Waals surface area contributed by atoms with Gasteiger partial charge in [0.15, 0.2) is 12.3 Å². The Morgan fingerprint density at radius 2 is 1.96 bits per heavy atom. The molecule has 0 atom stereocenters. The Balaban J connectivity index is 1.43. The van der Waals surface area contributed by atoms with Crippen LogP contribution in [0.3, 0.4) is 0 Å². The molecular formula is C20H22N4O3S. The van der Waals surface area contributed by atoms with Crippen LogP contribution in [0.1, 0.15) is 21.6 Å². The van der Waals surface area contributed by atoms with E-state index in [9.17, 15) is 9.59 Å². The number of aromatic nitrogens is 3. The molecule has 3 aromatic rings. The molecule has 0 aliphatic rings. The van der Waals surface area contributed by atoms with Crippen molar-refractivity contribution >= 4 is 34.7 Å². The molecule has 3 rings (SSSR count). The lowest BCUT2D eigenvalue weighted by Crippen LogP contribution is -2.30. The first-order valence-corrected chi connectivity index (χ1v) is 9.85. The van der Waals surface area contributed by atoms with Gasteiger partial charge in [-0.3, -0.25) is 9.48 Å². The largest absolute Gasteiger partial charge is 0.452 e. The van der Waals surface area contributed by atoms with Gasteiger partial charge in [0, 0.05) is 35.8 Å². The van der Waals surface area contributed by atoms with Gasteiger partial charge in [0.1, 0.15) is 0 Å². The zero-order chi connectivity index (χ0) is 20.1. The third-order valence-electron chi connectivity index (χ3n) is 4.15. The Hall–Kier alpha value is -2.87. The highest BCUT2D eigenvalue weighted by molar-refractivity contribution is 7.99. The van der Waals surface area contributed by atoms with Crippen molar-refractivity contribution in [3.05, 3.63) is 53.3 Å². The van der Waals surface area contributed by atoms with Crippen LogP contribution in [0.4, 0.5) is 0 Å². The van der Waals surface area contributed by atoms with Crippen molar-refractivity contribution in [2.24, 2.45) is 7.05 Å². The Kier molecular flexibility index (Phi) is 6.30. The number of amides is 1. The van der Waals surface area contributed by atoms with Crippen LogP contribution < -0.4 is 5.32 Å². The highest BCUT2D eigenvalue weighted by Crippen LogP contribution is 2.18. The van der Waals surface area contributed by atoms with Crippen LogP contribution in [0, 0.1) is 13.8 Å². The van der Waals surface area contributed by atoms with Crippen molar-refractivity contribution in [2.45, 2.75) is 18.7 Å². The predicted molar refractivity (Wildman–Crippen MR) is 108 cm³/mol. The highest BCUT2D eigenvalue weighted by Gasteiger charge is 2.14. The predicted octanol–water partition coefficient (Wildman–Crippen LogP) is 2.65. The maximum absolute atomic E-state index is 12.2. The number of rotatable bonds is 7. The van der Waals surface area contributed by atoms with Crippen LogP contribution in [-0.4, -0.2) is 45.5 Å². The van der Waals surface area contributed by atoms with E-state index in [4.69, 9.17) is 4.74 Å². The summed E-state index contributed by atoms with van der Waals surface area (Å²) < 4.78 is 6.74. The molecule has 0 unspecified atom stereocenters. The summed E-state index contributed by atoms with van der Waals surface area (Å²) in [5, 5.41) is 7.80. The quantitative estimate of drug-likeness (QED) is 0.374. The minimum absolute atomic E-state index is 0.298. The number of carbonyl (C=O) groups excluding carboxylic acids is 2. The Bertz CT molecular complexity index is 999. The topological polar surface area (TPSA) is 86.1 Å². The number of thioether (sulfide) groups is 1. The van der Waals surface area contributed by atoms with Crippen LogP contribution in [-0.2, 0) is 16.6 Å². The summed E-state index contributed by atoms with van der Waals surface area (Å²) in [5.41, 5.74) is 2.99. The van der Waals surface area contributed by atoms with E-state index in [0.29, 0.717) is 17.8 Å². The average molecular weight is 398 g/mol. The second kappa shape index (κ2) is 8.88. The van der Waals surface area contributed by atoms with E-state index < -0.39 is 5.97 Å². The van der Waals surface area contributed by atoms with Gasteiger partial charge in [-0.1, -0.05) is 17.7 Å². The highest BCUT2D eigenvalue weighted by atomic mass is 32.2. The second-order valence-corrected chi connectivity index (χ2v) is 7.56. The second-order valence-electron chi connectivity index (χ2n) is 6.39. The molecule has 2 heterocycles. The molecule has 0 aliphatic heterocycles. The molecule has 0 aliphatic carbocycles. The minimum Gasteiger partial charge on any atom is -0.452 e. The first kappa shape index (κ1) is 19.9. The van der Waals surface area contributed by atoms with Gasteiger partial charge >= 0.3 is 5.97 Å². The molecule has 1 N–H and O–H groups in total. The monoisotopic (exact) mass is 398 g/mol. The molecule has 8 heteroatoms. The average Bonchev–Trinajstić information content (AvgIpc) is 2.98. The van der Waals surface area contributed by atoms with Crippen molar-refractivity contribution in [3.8, 4) is 0 Å². The number of hydrogen-bond acceptors (Lipinski definition) is 6. The summed E-state index contributed by atoms with van der Waals surface area (Å²) in [4.78, 5) is 29.5. The Morgan fingerprint density at radius 3 is 2.71 bits per heavy atom. The number of nitrogens with one attached hydrogen (secondary N) is 1. The molecule has 0 bridgehead atoms. The zero-order valence-electron chi connectivity index (χ0n) is 16.1. The van der Waals surface area contributed by atoms with Crippen LogP contribution in [0.25, 0.3) is 11.0 Å². The van der Waals surface area contributed by atoms with Crippen molar-refractivity contribution in [1.82, 2.24) is 20.1 Å². The molecule has 0 radical (unpaired) electrons. The summed E-state index contributed by atoms with van der Waals surface area (Å²) in [5.74, 6) is -0.171. The molecule has 1 aromatic carbocycles. The Morgan fingerprint density at radius 1 is 1.21 bits per heavy atom.